The number of esters is 1. The number of rotatable bonds is 8. The third kappa shape index (κ3) is 3.68. The Morgan fingerprint density at radius 2 is 1.89 bits per heavy atom. The van der Waals surface area contributed by atoms with Crippen LogP contribution in [0.2, 0.25) is 0 Å². The van der Waals surface area contributed by atoms with Crippen LogP contribution in [0.3, 0.4) is 0 Å². The first kappa shape index (κ1) is 25.6. The summed E-state index contributed by atoms with van der Waals surface area (Å²) in [5.74, 6) is -2.82. The second kappa shape index (κ2) is 9.21. The quantitative estimate of drug-likeness (QED) is 0.548. The number of benzene rings is 1. The predicted octanol–water partition coefficient (Wildman–Crippen LogP) is 2.98. The van der Waals surface area contributed by atoms with Crippen molar-refractivity contribution in [1.29, 1.82) is 0 Å². The Hall–Kier alpha value is -2.45. The molecule has 2 bridgehead atoms. The summed E-state index contributed by atoms with van der Waals surface area (Å²) in [7, 11) is 0. The molecule has 3 fully saturated rings. The Labute approximate surface area is 207 Å². The fourth-order valence-electron chi connectivity index (χ4n) is 6.73. The van der Waals surface area contributed by atoms with Crippen LogP contribution >= 0.6 is 0 Å². The number of fused-ring (bicyclic) bond motifs is 1. The SMILES string of the molecule is CCOC(=O)[C@H]1[C@H]2C(=O)N([C@@H](CO)C(C)C)C(C(=O)Nc3c(C)cccc3C)C23CC[C@]1(CC)O3. The molecular formula is C27H38N2O6. The number of carbonyl (C=O) groups excluding carboxylic acids is 3. The van der Waals surface area contributed by atoms with Gasteiger partial charge >= 0.3 is 5.97 Å². The highest BCUT2D eigenvalue weighted by Gasteiger charge is 2.79. The average molecular weight is 487 g/mol. The molecule has 35 heavy (non-hydrogen) atoms. The lowest BCUT2D eigenvalue weighted by Gasteiger charge is -2.38. The summed E-state index contributed by atoms with van der Waals surface area (Å²) >= 11 is 0. The normalized spacial score (nSPS) is 32.2. The first-order chi connectivity index (χ1) is 16.6. The highest BCUT2D eigenvalue weighted by atomic mass is 16.6. The number of nitrogens with zero attached hydrogens (tertiary/aromatic N) is 1. The fraction of sp³-hybridized carbons (Fsp3) is 0.667. The molecule has 8 heteroatoms. The average Bonchev–Trinajstić information content (AvgIpc) is 3.41. The van der Waals surface area contributed by atoms with Gasteiger partial charge < -0.3 is 24.8 Å². The Kier molecular flexibility index (Phi) is 6.74. The molecule has 6 atom stereocenters. The lowest BCUT2D eigenvalue weighted by Crippen LogP contribution is -2.57. The zero-order chi connectivity index (χ0) is 25.7. The van der Waals surface area contributed by atoms with E-state index < -0.39 is 41.1 Å². The van der Waals surface area contributed by atoms with Crippen molar-refractivity contribution in [3.05, 3.63) is 29.3 Å². The second-order valence-corrected chi connectivity index (χ2v) is 10.6. The van der Waals surface area contributed by atoms with Gasteiger partial charge in [-0.1, -0.05) is 39.0 Å². The van der Waals surface area contributed by atoms with Crippen molar-refractivity contribution in [3.63, 3.8) is 0 Å². The maximum absolute atomic E-state index is 14.1. The van der Waals surface area contributed by atoms with Gasteiger partial charge in [0.2, 0.25) is 11.8 Å². The van der Waals surface area contributed by atoms with Crippen LogP contribution in [0.25, 0.3) is 0 Å². The number of aryl methyl sites for hydroxylation is 2. The van der Waals surface area contributed by atoms with Gasteiger partial charge in [0.05, 0.1) is 30.8 Å². The summed E-state index contributed by atoms with van der Waals surface area (Å²) < 4.78 is 12.1. The van der Waals surface area contributed by atoms with E-state index in [0.29, 0.717) is 24.9 Å². The minimum atomic E-state index is -1.15. The van der Waals surface area contributed by atoms with E-state index in [1.165, 1.54) is 4.90 Å². The van der Waals surface area contributed by atoms with E-state index in [9.17, 15) is 19.5 Å². The summed E-state index contributed by atoms with van der Waals surface area (Å²) in [5.41, 5.74) is 0.555. The van der Waals surface area contributed by atoms with Gasteiger partial charge in [0.1, 0.15) is 17.6 Å². The van der Waals surface area contributed by atoms with E-state index in [1.54, 1.807) is 6.92 Å². The molecule has 3 saturated heterocycles. The number of likely N-dealkylation sites (tertiary alicyclic amines) is 1. The largest absolute Gasteiger partial charge is 0.466 e. The van der Waals surface area contributed by atoms with Gasteiger partial charge in [0.25, 0.3) is 0 Å². The fourth-order valence-corrected chi connectivity index (χ4v) is 6.73. The molecule has 8 nitrogen and oxygen atoms in total. The lowest BCUT2D eigenvalue weighted by molar-refractivity contribution is -0.161. The van der Waals surface area contributed by atoms with Gasteiger partial charge in [-0.2, -0.15) is 0 Å². The maximum atomic E-state index is 14.1. The minimum Gasteiger partial charge on any atom is -0.466 e. The second-order valence-electron chi connectivity index (χ2n) is 10.6. The van der Waals surface area contributed by atoms with Gasteiger partial charge in [-0.15, -0.1) is 0 Å². The standard InChI is InChI=1S/C27H38N2O6/c1-7-26-12-13-27(35-26)19(20(26)25(33)34-8-2)24(32)29(18(14-30)15(3)4)22(27)23(31)28-21-16(5)10-9-11-17(21)6/h9-11,15,18-20,22,30H,7-8,12-14H2,1-6H3,(H,28,31)/t18-,19-,20+,22?,26-,27?/m0/s1. The molecule has 1 aromatic carbocycles. The molecule has 3 aliphatic rings. The molecule has 0 saturated carbocycles. The Balaban J connectivity index is 1.83. The number of amides is 2. The molecule has 0 aromatic heterocycles. The molecule has 3 heterocycles. The van der Waals surface area contributed by atoms with Crippen molar-refractivity contribution in [2.24, 2.45) is 17.8 Å². The Morgan fingerprint density at radius 3 is 2.43 bits per heavy atom. The number of hydrogen-bond donors (Lipinski definition) is 2. The van der Waals surface area contributed by atoms with E-state index in [2.05, 4.69) is 5.32 Å². The molecule has 1 aromatic rings. The molecule has 4 rings (SSSR count). The van der Waals surface area contributed by atoms with Gasteiger partial charge in [0, 0.05) is 5.69 Å². The first-order valence-corrected chi connectivity index (χ1v) is 12.8. The molecule has 1 spiro atoms. The van der Waals surface area contributed by atoms with E-state index in [4.69, 9.17) is 9.47 Å². The zero-order valence-corrected chi connectivity index (χ0v) is 21.6. The van der Waals surface area contributed by atoms with Gasteiger partial charge in [-0.3, -0.25) is 14.4 Å². The third-order valence-corrected chi connectivity index (χ3v) is 8.45. The molecule has 0 aliphatic carbocycles. The van der Waals surface area contributed by atoms with E-state index in [0.717, 1.165) is 11.1 Å². The van der Waals surface area contributed by atoms with Crippen LogP contribution < -0.4 is 5.32 Å². The van der Waals surface area contributed by atoms with Gasteiger partial charge in [-0.25, -0.2) is 0 Å². The monoisotopic (exact) mass is 486 g/mol. The predicted molar refractivity (Wildman–Crippen MR) is 131 cm³/mol. The highest BCUT2D eigenvalue weighted by molar-refractivity contribution is 6.04. The van der Waals surface area contributed by atoms with E-state index in [-0.39, 0.29) is 30.9 Å². The van der Waals surface area contributed by atoms with E-state index in [1.807, 2.05) is 52.8 Å². The highest BCUT2D eigenvalue weighted by Crippen LogP contribution is 2.64. The first-order valence-electron chi connectivity index (χ1n) is 12.8. The smallest absolute Gasteiger partial charge is 0.312 e. The van der Waals surface area contributed by atoms with Crippen molar-refractivity contribution in [3.8, 4) is 0 Å². The van der Waals surface area contributed by atoms with Gasteiger partial charge in [-0.05, 0) is 57.1 Å². The number of aliphatic hydroxyl groups is 1. The van der Waals surface area contributed by atoms with Crippen molar-refractivity contribution >= 4 is 23.5 Å². The van der Waals surface area contributed by atoms with Gasteiger partial charge in [0.15, 0.2) is 0 Å². The van der Waals surface area contributed by atoms with Crippen molar-refractivity contribution < 1.29 is 29.0 Å². The Morgan fingerprint density at radius 1 is 1.23 bits per heavy atom. The number of carbonyl (C=O) groups is 3. The molecule has 0 radical (unpaired) electrons. The van der Waals surface area contributed by atoms with Crippen LogP contribution in [0.15, 0.2) is 18.2 Å². The topological polar surface area (TPSA) is 105 Å². The van der Waals surface area contributed by atoms with Crippen LogP contribution in [-0.4, -0.2) is 64.3 Å². The molecule has 2 amide bonds. The molecule has 3 aliphatic heterocycles. The molecule has 2 N–H and O–H groups in total. The van der Waals surface area contributed by atoms with Crippen LogP contribution in [0.5, 0.6) is 0 Å². The number of hydrogen-bond acceptors (Lipinski definition) is 6. The summed E-state index contributed by atoms with van der Waals surface area (Å²) in [6, 6.07) is 4.22. The van der Waals surface area contributed by atoms with Crippen molar-refractivity contribution in [1.82, 2.24) is 4.90 Å². The zero-order valence-electron chi connectivity index (χ0n) is 21.6. The maximum Gasteiger partial charge on any atom is 0.312 e. The van der Waals surface area contributed by atoms with Crippen molar-refractivity contribution in [2.75, 3.05) is 18.5 Å². The molecular weight excluding hydrogens is 448 g/mol. The van der Waals surface area contributed by atoms with E-state index >= 15 is 0 Å². The molecule has 192 valence electrons. The number of aliphatic hydroxyl groups excluding tert-OH is 1. The van der Waals surface area contributed by atoms with Crippen LogP contribution in [0.1, 0.15) is 58.1 Å². The summed E-state index contributed by atoms with van der Waals surface area (Å²) in [6.45, 7) is 11.3. The van der Waals surface area contributed by atoms with Crippen LogP contribution in [-0.2, 0) is 23.9 Å². The number of nitrogens with one attached hydrogen (secondary N) is 1. The van der Waals surface area contributed by atoms with Crippen LogP contribution in [0, 0.1) is 31.6 Å². The number of anilines is 1. The Bertz CT molecular complexity index is 1000. The summed E-state index contributed by atoms with van der Waals surface area (Å²) in [6.07, 6.45) is 1.61. The van der Waals surface area contributed by atoms with Crippen molar-refractivity contribution in [2.45, 2.75) is 84.1 Å². The minimum absolute atomic E-state index is 0.104. The summed E-state index contributed by atoms with van der Waals surface area (Å²) in [5, 5.41) is 13.3. The van der Waals surface area contributed by atoms with Crippen LogP contribution in [0.4, 0.5) is 5.69 Å². The number of ether oxygens (including phenoxy) is 2. The number of para-hydroxylation sites is 1. The summed E-state index contributed by atoms with van der Waals surface area (Å²) in [4.78, 5) is 42.9. The lowest BCUT2D eigenvalue weighted by atomic mass is 9.65. The third-order valence-electron chi connectivity index (χ3n) is 8.45. The molecule has 2 unspecified atom stereocenters.